The van der Waals surface area contributed by atoms with Crippen molar-refractivity contribution in [3.63, 3.8) is 0 Å². The van der Waals surface area contributed by atoms with Gasteiger partial charge in [-0.3, -0.25) is 0 Å². The molecule has 0 aliphatic rings. The molecule has 0 heterocycles. The van der Waals surface area contributed by atoms with E-state index in [1.807, 2.05) is 0 Å². The van der Waals surface area contributed by atoms with Gasteiger partial charge in [-0.2, -0.15) is 0 Å². The monoisotopic (exact) mass is 188 g/mol. The van der Waals surface area contributed by atoms with Crippen LogP contribution in [0.4, 0.5) is 0 Å². The van der Waals surface area contributed by atoms with Crippen molar-refractivity contribution >= 4 is 18.9 Å². The van der Waals surface area contributed by atoms with E-state index in [0.717, 1.165) is 5.88 Å². The summed E-state index contributed by atoms with van der Waals surface area (Å²) in [6.45, 7) is 11.4. The number of alkyl halides is 1. The quantitative estimate of drug-likeness (QED) is 0.457. The van der Waals surface area contributed by atoms with Crippen molar-refractivity contribution in [2.45, 2.75) is 47.3 Å². The Bertz CT molecular complexity index is 130. The van der Waals surface area contributed by atoms with Gasteiger partial charge in [0.25, 0.3) is 0 Å². The molecule has 2 heteroatoms. The van der Waals surface area contributed by atoms with Crippen LogP contribution in [0.15, 0.2) is 0 Å². The van der Waals surface area contributed by atoms with E-state index in [-0.39, 0.29) is 0 Å². The molecule has 0 saturated carbocycles. The molecule has 0 amide bonds. The molecule has 0 atom stereocenters. The molecule has 0 saturated heterocycles. The summed E-state index contributed by atoms with van der Waals surface area (Å²) in [6.07, 6.45) is 2.52. The SMILES string of the molecule is CBCC(C)(C)CC(C)(C)CCl. The summed E-state index contributed by atoms with van der Waals surface area (Å²) in [7, 11) is 1.27. The molecule has 12 heavy (non-hydrogen) atoms. The van der Waals surface area contributed by atoms with Gasteiger partial charge >= 0.3 is 0 Å². The number of hydrogen-bond donors (Lipinski definition) is 0. The van der Waals surface area contributed by atoms with Crippen molar-refractivity contribution in [3.05, 3.63) is 0 Å². The summed E-state index contributed by atoms with van der Waals surface area (Å²) in [6, 6.07) is 0. The second-order valence-electron chi connectivity index (χ2n) is 5.39. The van der Waals surface area contributed by atoms with Crippen LogP contribution < -0.4 is 0 Å². The second-order valence-corrected chi connectivity index (χ2v) is 5.66. The van der Waals surface area contributed by atoms with Gasteiger partial charge < -0.3 is 0 Å². The summed E-state index contributed by atoms with van der Waals surface area (Å²) in [5.74, 6) is 0.764. The predicted molar refractivity (Wildman–Crippen MR) is 60.7 cm³/mol. The molecule has 0 aromatic carbocycles. The van der Waals surface area contributed by atoms with Crippen LogP contribution in [0.2, 0.25) is 13.1 Å². The first-order valence-corrected chi connectivity index (χ1v) is 5.42. The molecule has 0 N–H and O–H groups in total. The van der Waals surface area contributed by atoms with Crippen LogP contribution in [-0.4, -0.2) is 13.2 Å². The summed E-state index contributed by atoms with van der Waals surface area (Å²) in [5.41, 5.74) is 0.743. The molecule has 0 fully saturated rings. The average molecular weight is 189 g/mol. The van der Waals surface area contributed by atoms with Crippen molar-refractivity contribution in [1.82, 2.24) is 0 Å². The lowest BCUT2D eigenvalue weighted by atomic mass is 9.62. The first kappa shape index (κ1) is 12.4. The maximum absolute atomic E-state index is 5.90. The Hall–Kier alpha value is 0.355. The molecule has 0 aromatic heterocycles. The van der Waals surface area contributed by atoms with E-state index in [4.69, 9.17) is 11.6 Å². The van der Waals surface area contributed by atoms with Crippen LogP contribution in [0.5, 0.6) is 0 Å². The molecular weight excluding hydrogens is 166 g/mol. The first-order valence-electron chi connectivity index (χ1n) is 4.89. The Morgan fingerprint density at radius 1 is 1.08 bits per heavy atom. The largest absolute Gasteiger partial charge is 0.126 e. The fourth-order valence-corrected chi connectivity index (χ4v) is 2.20. The highest BCUT2D eigenvalue weighted by Crippen LogP contribution is 2.36. The Kier molecular flexibility index (Phi) is 4.69. The van der Waals surface area contributed by atoms with Crippen molar-refractivity contribution in [1.29, 1.82) is 0 Å². The van der Waals surface area contributed by atoms with Gasteiger partial charge in [-0.15, -0.1) is 11.6 Å². The minimum atomic E-state index is 0.292. The van der Waals surface area contributed by atoms with Crippen LogP contribution in [-0.2, 0) is 0 Å². The molecule has 0 bridgehead atoms. The Morgan fingerprint density at radius 2 is 1.58 bits per heavy atom. The zero-order chi connectivity index (χ0) is 9.83. The van der Waals surface area contributed by atoms with Crippen LogP contribution in [0.25, 0.3) is 0 Å². The lowest BCUT2D eigenvalue weighted by Gasteiger charge is -2.33. The van der Waals surface area contributed by atoms with Crippen LogP contribution in [0.1, 0.15) is 34.1 Å². The van der Waals surface area contributed by atoms with Gasteiger partial charge in [0, 0.05) is 5.88 Å². The van der Waals surface area contributed by atoms with E-state index < -0.39 is 0 Å². The number of hydrogen-bond acceptors (Lipinski definition) is 0. The van der Waals surface area contributed by atoms with Crippen molar-refractivity contribution in [3.8, 4) is 0 Å². The van der Waals surface area contributed by atoms with Crippen molar-refractivity contribution in [2.24, 2.45) is 10.8 Å². The summed E-state index contributed by atoms with van der Waals surface area (Å²) in [4.78, 5) is 0. The maximum atomic E-state index is 5.90. The topological polar surface area (TPSA) is 0 Å². The predicted octanol–water partition coefficient (Wildman–Crippen LogP) is 3.57. The smallest absolute Gasteiger partial charge is 0.118 e. The van der Waals surface area contributed by atoms with E-state index in [9.17, 15) is 0 Å². The second kappa shape index (κ2) is 4.55. The molecule has 0 nitrogen and oxygen atoms in total. The molecular formula is C10H22BCl. The van der Waals surface area contributed by atoms with E-state index >= 15 is 0 Å². The standard InChI is InChI=1S/C10H22BCl/c1-9(2,7-11-5)6-10(3,4)8-12/h11H,6-8H2,1-5H3. The summed E-state index contributed by atoms with van der Waals surface area (Å²) in [5, 5.41) is 0. The van der Waals surface area contributed by atoms with E-state index in [1.54, 1.807) is 0 Å². The third-order valence-electron chi connectivity index (χ3n) is 2.25. The zero-order valence-electron chi connectivity index (χ0n) is 9.21. The van der Waals surface area contributed by atoms with Crippen LogP contribution in [0.3, 0.4) is 0 Å². The molecule has 0 unspecified atom stereocenters. The highest BCUT2D eigenvalue weighted by atomic mass is 35.5. The normalized spacial score (nSPS) is 13.2. The average Bonchev–Trinajstić information content (AvgIpc) is 1.85. The molecule has 0 rings (SSSR count). The lowest BCUT2D eigenvalue weighted by Crippen LogP contribution is -2.25. The van der Waals surface area contributed by atoms with Gasteiger partial charge in [-0.05, 0) is 17.3 Å². The molecule has 0 aliphatic heterocycles. The van der Waals surface area contributed by atoms with Crippen molar-refractivity contribution in [2.75, 3.05) is 5.88 Å². The van der Waals surface area contributed by atoms with Gasteiger partial charge in [-0.1, -0.05) is 40.8 Å². The van der Waals surface area contributed by atoms with Gasteiger partial charge in [0.15, 0.2) is 0 Å². The van der Waals surface area contributed by atoms with Gasteiger partial charge in [-0.25, -0.2) is 0 Å². The van der Waals surface area contributed by atoms with Gasteiger partial charge in [0.05, 0.1) is 0 Å². The number of rotatable bonds is 5. The minimum absolute atomic E-state index is 0.292. The summed E-state index contributed by atoms with van der Waals surface area (Å²) >= 11 is 5.90. The molecule has 72 valence electrons. The Morgan fingerprint density at radius 3 is 1.92 bits per heavy atom. The minimum Gasteiger partial charge on any atom is -0.126 e. The number of halogens is 1. The Balaban J connectivity index is 4.04. The van der Waals surface area contributed by atoms with Crippen LogP contribution in [0, 0.1) is 10.8 Å². The van der Waals surface area contributed by atoms with E-state index in [2.05, 4.69) is 34.5 Å². The molecule has 0 spiro atoms. The van der Waals surface area contributed by atoms with Gasteiger partial charge in [0.1, 0.15) is 7.28 Å². The maximum Gasteiger partial charge on any atom is 0.118 e. The van der Waals surface area contributed by atoms with Crippen molar-refractivity contribution < 1.29 is 0 Å². The van der Waals surface area contributed by atoms with E-state index in [1.165, 1.54) is 20.0 Å². The fraction of sp³-hybridized carbons (Fsp3) is 1.00. The molecule has 0 radical (unpaired) electrons. The lowest BCUT2D eigenvalue weighted by molar-refractivity contribution is 0.237. The van der Waals surface area contributed by atoms with Crippen LogP contribution >= 0.6 is 11.6 Å². The zero-order valence-corrected chi connectivity index (χ0v) is 9.96. The molecule has 0 aliphatic carbocycles. The third kappa shape index (κ3) is 5.08. The highest BCUT2D eigenvalue weighted by molar-refractivity contribution is 6.33. The fourth-order valence-electron chi connectivity index (χ4n) is 2.11. The third-order valence-corrected chi connectivity index (χ3v) is 2.97. The van der Waals surface area contributed by atoms with E-state index in [0.29, 0.717) is 10.8 Å². The van der Waals surface area contributed by atoms with Gasteiger partial charge in [0.2, 0.25) is 0 Å². The highest BCUT2D eigenvalue weighted by Gasteiger charge is 2.27. The summed E-state index contributed by atoms with van der Waals surface area (Å²) < 4.78 is 0. The molecule has 0 aromatic rings. The Labute approximate surface area is 83.3 Å². The first-order chi connectivity index (χ1) is 5.33.